The number of hydrogen-bond donors (Lipinski definition) is 1. The van der Waals surface area contributed by atoms with Crippen molar-refractivity contribution < 1.29 is 22.7 Å². The maximum Gasteiger partial charge on any atom is 0.304 e. The van der Waals surface area contributed by atoms with Crippen molar-refractivity contribution in [3.8, 4) is 0 Å². The van der Waals surface area contributed by atoms with Gasteiger partial charge >= 0.3 is 5.97 Å². The maximum atomic E-state index is 13.9. The summed E-state index contributed by atoms with van der Waals surface area (Å²) in [5.41, 5.74) is -0.815. The SMILES string of the molecule is CS(=O)(=O)c1cccc(F)c1C1(CC(=O)O)CC1. The Morgan fingerprint density at radius 1 is 1.44 bits per heavy atom. The van der Waals surface area contributed by atoms with Gasteiger partial charge in [0.1, 0.15) is 5.82 Å². The normalized spacial score (nSPS) is 17.4. The van der Waals surface area contributed by atoms with Gasteiger partial charge in [-0.25, -0.2) is 12.8 Å². The smallest absolute Gasteiger partial charge is 0.304 e. The van der Waals surface area contributed by atoms with E-state index in [9.17, 15) is 17.6 Å². The van der Waals surface area contributed by atoms with Gasteiger partial charge in [0.05, 0.1) is 11.3 Å². The van der Waals surface area contributed by atoms with Gasteiger partial charge in [-0.1, -0.05) is 6.07 Å². The molecule has 1 aliphatic carbocycles. The van der Waals surface area contributed by atoms with Gasteiger partial charge < -0.3 is 5.11 Å². The first kappa shape index (κ1) is 13.0. The number of carboxylic acids is 1. The van der Waals surface area contributed by atoms with Crippen LogP contribution >= 0.6 is 0 Å². The third-order valence-electron chi connectivity index (χ3n) is 3.25. The zero-order valence-corrected chi connectivity index (χ0v) is 10.6. The van der Waals surface area contributed by atoms with Crippen molar-refractivity contribution in [3.63, 3.8) is 0 Å². The highest BCUT2D eigenvalue weighted by Gasteiger charge is 2.49. The standard InChI is InChI=1S/C12H13FO4S/c1-18(16,17)9-4-2-3-8(13)11(9)12(5-6-12)7-10(14)15/h2-4H,5-7H2,1H3,(H,14,15). The largest absolute Gasteiger partial charge is 0.481 e. The van der Waals surface area contributed by atoms with Crippen molar-refractivity contribution in [3.05, 3.63) is 29.6 Å². The lowest BCUT2D eigenvalue weighted by Crippen LogP contribution is -2.18. The molecule has 0 bridgehead atoms. The lowest BCUT2D eigenvalue weighted by Gasteiger charge is -2.17. The molecule has 1 saturated carbocycles. The van der Waals surface area contributed by atoms with Crippen molar-refractivity contribution in [1.29, 1.82) is 0 Å². The number of rotatable bonds is 4. The highest BCUT2D eigenvalue weighted by molar-refractivity contribution is 7.90. The van der Waals surface area contributed by atoms with E-state index < -0.39 is 27.0 Å². The van der Waals surface area contributed by atoms with Gasteiger partial charge in [0.2, 0.25) is 0 Å². The number of aliphatic carboxylic acids is 1. The van der Waals surface area contributed by atoms with Crippen molar-refractivity contribution in [2.75, 3.05) is 6.26 Å². The molecule has 0 radical (unpaired) electrons. The Morgan fingerprint density at radius 2 is 2.06 bits per heavy atom. The highest BCUT2D eigenvalue weighted by atomic mass is 32.2. The van der Waals surface area contributed by atoms with E-state index in [0.717, 1.165) is 6.26 Å². The van der Waals surface area contributed by atoms with Crippen molar-refractivity contribution in [2.24, 2.45) is 0 Å². The monoisotopic (exact) mass is 272 g/mol. The van der Waals surface area contributed by atoms with Crippen LogP contribution in [0.2, 0.25) is 0 Å². The summed E-state index contributed by atoms with van der Waals surface area (Å²) in [6, 6.07) is 3.83. The fourth-order valence-electron chi connectivity index (χ4n) is 2.28. The maximum absolute atomic E-state index is 13.9. The molecule has 18 heavy (non-hydrogen) atoms. The van der Waals surface area contributed by atoms with Crippen LogP contribution < -0.4 is 0 Å². The average molecular weight is 272 g/mol. The third-order valence-corrected chi connectivity index (χ3v) is 4.39. The zero-order valence-electron chi connectivity index (χ0n) is 9.81. The van der Waals surface area contributed by atoms with E-state index in [1.165, 1.54) is 18.2 Å². The Morgan fingerprint density at radius 3 is 2.50 bits per heavy atom. The number of benzene rings is 1. The van der Waals surface area contributed by atoms with Crippen LogP contribution in [-0.2, 0) is 20.0 Å². The fourth-order valence-corrected chi connectivity index (χ4v) is 3.29. The zero-order chi connectivity index (χ0) is 13.6. The second-order valence-electron chi connectivity index (χ2n) is 4.74. The summed E-state index contributed by atoms with van der Waals surface area (Å²) < 4.78 is 37.2. The van der Waals surface area contributed by atoms with Crippen molar-refractivity contribution in [1.82, 2.24) is 0 Å². The molecule has 4 nitrogen and oxygen atoms in total. The third kappa shape index (κ3) is 2.25. The van der Waals surface area contributed by atoms with Gasteiger partial charge in [0, 0.05) is 17.2 Å². The summed E-state index contributed by atoms with van der Waals surface area (Å²) in [7, 11) is -3.57. The molecule has 0 aliphatic heterocycles. The number of sulfone groups is 1. The average Bonchev–Trinajstić information content (AvgIpc) is 2.95. The predicted octanol–water partition coefficient (Wildman–Crippen LogP) is 1.74. The first-order valence-corrected chi connectivity index (χ1v) is 7.36. The Hall–Kier alpha value is -1.43. The van der Waals surface area contributed by atoms with E-state index in [2.05, 4.69) is 0 Å². The molecule has 1 aromatic carbocycles. The first-order valence-electron chi connectivity index (χ1n) is 5.47. The molecule has 0 amide bonds. The molecule has 1 aliphatic rings. The molecule has 1 N–H and O–H groups in total. The Labute approximate surface area is 104 Å². The van der Waals surface area contributed by atoms with Gasteiger partial charge in [0.15, 0.2) is 9.84 Å². The lowest BCUT2D eigenvalue weighted by molar-refractivity contribution is -0.137. The van der Waals surface area contributed by atoms with E-state index in [0.29, 0.717) is 12.8 Å². The molecular formula is C12H13FO4S. The van der Waals surface area contributed by atoms with Gasteiger partial charge in [-0.3, -0.25) is 4.79 Å². The molecule has 1 aromatic rings. The van der Waals surface area contributed by atoms with Crippen LogP contribution in [0.5, 0.6) is 0 Å². The summed E-state index contributed by atoms with van der Waals surface area (Å²) in [6.45, 7) is 0. The molecule has 0 unspecified atom stereocenters. The molecular weight excluding hydrogens is 259 g/mol. The Balaban J connectivity index is 2.61. The van der Waals surface area contributed by atoms with Crippen molar-refractivity contribution >= 4 is 15.8 Å². The molecule has 6 heteroatoms. The van der Waals surface area contributed by atoms with E-state index in [1.54, 1.807) is 0 Å². The second kappa shape index (κ2) is 4.05. The van der Waals surface area contributed by atoms with Crippen molar-refractivity contribution in [2.45, 2.75) is 29.6 Å². The quantitative estimate of drug-likeness (QED) is 0.906. The van der Waals surface area contributed by atoms with Crippen LogP contribution in [0.4, 0.5) is 4.39 Å². The molecule has 1 fully saturated rings. The predicted molar refractivity (Wildman–Crippen MR) is 62.7 cm³/mol. The summed E-state index contributed by atoms with van der Waals surface area (Å²) in [5, 5.41) is 8.86. The molecule has 0 atom stereocenters. The minimum absolute atomic E-state index is 0.0369. The van der Waals surface area contributed by atoms with Crippen LogP contribution in [0.25, 0.3) is 0 Å². The van der Waals surface area contributed by atoms with Crippen LogP contribution in [-0.4, -0.2) is 25.7 Å². The van der Waals surface area contributed by atoms with Crippen LogP contribution in [0, 0.1) is 5.82 Å². The van der Waals surface area contributed by atoms with Gasteiger partial charge in [0.25, 0.3) is 0 Å². The van der Waals surface area contributed by atoms with Crippen LogP contribution in [0.3, 0.4) is 0 Å². The molecule has 2 rings (SSSR count). The minimum atomic E-state index is -3.57. The van der Waals surface area contributed by atoms with E-state index in [4.69, 9.17) is 5.11 Å². The van der Waals surface area contributed by atoms with E-state index in [1.807, 2.05) is 0 Å². The molecule has 0 heterocycles. The Kier molecular flexibility index (Phi) is 2.93. The molecule has 0 spiro atoms. The summed E-state index contributed by atoms with van der Waals surface area (Å²) >= 11 is 0. The number of hydrogen-bond acceptors (Lipinski definition) is 3. The molecule has 0 aromatic heterocycles. The highest BCUT2D eigenvalue weighted by Crippen LogP contribution is 2.53. The molecule has 98 valence electrons. The number of carbonyl (C=O) groups is 1. The second-order valence-corrected chi connectivity index (χ2v) is 6.72. The summed E-state index contributed by atoms with van der Waals surface area (Å²) in [5.74, 6) is -1.69. The van der Waals surface area contributed by atoms with Gasteiger partial charge in [-0.2, -0.15) is 0 Å². The van der Waals surface area contributed by atoms with Crippen LogP contribution in [0.1, 0.15) is 24.8 Å². The number of halogens is 1. The van der Waals surface area contributed by atoms with Crippen LogP contribution in [0.15, 0.2) is 23.1 Å². The summed E-state index contributed by atoms with van der Waals surface area (Å²) in [4.78, 5) is 10.7. The lowest BCUT2D eigenvalue weighted by atomic mass is 9.92. The topological polar surface area (TPSA) is 71.4 Å². The molecule has 0 saturated heterocycles. The minimum Gasteiger partial charge on any atom is -0.481 e. The van der Waals surface area contributed by atoms with E-state index >= 15 is 0 Å². The first-order chi connectivity index (χ1) is 8.26. The number of carboxylic acid groups (broad SMARTS) is 1. The summed E-state index contributed by atoms with van der Waals surface area (Å²) in [6.07, 6.45) is 1.77. The van der Waals surface area contributed by atoms with E-state index in [-0.39, 0.29) is 16.9 Å². The van der Waals surface area contributed by atoms with Gasteiger partial charge in [-0.05, 0) is 25.0 Å². The Bertz CT molecular complexity index is 603. The fraction of sp³-hybridized carbons (Fsp3) is 0.417. The van der Waals surface area contributed by atoms with Gasteiger partial charge in [-0.15, -0.1) is 0 Å².